The molecule has 0 radical (unpaired) electrons. The zero-order valence-corrected chi connectivity index (χ0v) is 11.1. The standard InChI is InChI=1S/C14H12OS2/c1-15-12-8-4-2-6-10(12)14-11-7-3-5-9-13(11)16-17-14/h2-9,14H,1H3. The average Bonchev–Trinajstić information content (AvgIpc) is 2.82. The molecule has 0 amide bonds. The molecule has 17 heavy (non-hydrogen) atoms. The van der Waals surface area contributed by atoms with E-state index in [2.05, 4.69) is 36.4 Å². The van der Waals surface area contributed by atoms with Crippen LogP contribution in [0.1, 0.15) is 16.4 Å². The van der Waals surface area contributed by atoms with Crippen LogP contribution in [0.15, 0.2) is 53.4 Å². The molecule has 0 saturated heterocycles. The Balaban J connectivity index is 2.07. The maximum atomic E-state index is 5.45. The van der Waals surface area contributed by atoms with Gasteiger partial charge in [0, 0.05) is 10.5 Å². The van der Waals surface area contributed by atoms with E-state index >= 15 is 0 Å². The summed E-state index contributed by atoms with van der Waals surface area (Å²) in [4.78, 5) is 1.37. The normalized spacial score (nSPS) is 17.8. The third kappa shape index (κ3) is 1.94. The van der Waals surface area contributed by atoms with Crippen LogP contribution < -0.4 is 4.74 Å². The van der Waals surface area contributed by atoms with Crippen LogP contribution >= 0.6 is 21.6 Å². The highest BCUT2D eigenvalue weighted by molar-refractivity contribution is 8.77. The zero-order chi connectivity index (χ0) is 11.7. The number of ether oxygens (including phenoxy) is 1. The van der Waals surface area contributed by atoms with E-state index in [0.29, 0.717) is 5.25 Å². The molecule has 1 unspecified atom stereocenters. The van der Waals surface area contributed by atoms with E-state index in [0.717, 1.165) is 5.75 Å². The monoisotopic (exact) mass is 260 g/mol. The van der Waals surface area contributed by atoms with Crippen molar-refractivity contribution in [3.8, 4) is 5.75 Å². The number of hydrogen-bond acceptors (Lipinski definition) is 3. The van der Waals surface area contributed by atoms with Crippen molar-refractivity contribution in [1.29, 1.82) is 0 Å². The predicted molar refractivity (Wildman–Crippen MR) is 74.7 cm³/mol. The van der Waals surface area contributed by atoms with Crippen LogP contribution in [0, 0.1) is 0 Å². The quantitative estimate of drug-likeness (QED) is 0.734. The summed E-state index contributed by atoms with van der Waals surface area (Å²) >= 11 is 0. The highest BCUT2D eigenvalue weighted by Crippen LogP contribution is 2.56. The maximum absolute atomic E-state index is 5.45. The van der Waals surface area contributed by atoms with Gasteiger partial charge in [0.2, 0.25) is 0 Å². The summed E-state index contributed by atoms with van der Waals surface area (Å²) in [5.74, 6) is 0.974. The zero-order valence-electron chi connectivity index (χ0n) is 9.42. The number of benzene rings is 2. The second-order valence-electron chi connectivity index (χ2n) is 3.84. The molecule has 0 fully saturated rings. The molecule has 3 rings (SSSR count). The Labute approximate surface area is 109 Å². The first kappa shape index (κ1) is 11.1. The number of methoxy groups -OCH3 is 1. The first-order valence-electron chi connectivity index (χ1n) is 5.45. The Hall–Kier alpha value is -1.06. The second-order valence-corrected chi connectivity index (χ2v) is 6.19. The average molecular weight is 260 g/mol. The molecule has 0 saturated carbocycles. The van der Waals surface area contributed by atoms with Gasteiger partial charge in [-0.2, -0.15) is 0 Å². The summed E-state index contributed by atoms with van der Waals surface area (Å²) in [6, 6.07) is 16.9. The summed E-state index contributed by atoms with van der Waals surface area (Å²) < 4.78 is 5.45. The molecule has 0 aromatic heterocycles. The number of hydrogen-bond donors (Lipinski definition) is 0. The first-order valence-corrected chi connectivity index (χ1v) is 7.66. The summed E-state index contributed by atoms with van der Waals surface area (Å²) in [5.41, 5.74) is 2.66. The molecular weight excluding hydrogens is 248 g/mol. The summed E-state index contributed by atoms with van der Waals surface area (Å²) in [7, 11) is 5.48. The van der Waals surface area contributed by atoms with Gasteiger partial charge in [-0.25, -0.2) is 0 Å². The fourth-order valence-electron chi connectivity index (χ4n) is 2.03. The lowest BCUT2D eigenvalue weighted by atomic mass is 10.0. The molecular formula is C14H12OS2. The lowest BCUT2D eigenvalue weighted by Gasteiger charge is -2.14. The van der Waals surface area contributed by atoms with Gasteiger partial charge in [-0.1, -0.05) is 58.0 Å². The van der Waals surface area contributed by atoms with Crippen LogP contribution in [-0.2, 0) is 0 Å². The fourth-order valence-corrected chi connectivity index (χ4v) is 5.00. The highest BCUT2D eigenvalue weighted by atomic mass is 33.1. The van der Waals surface area contributed by atoms with Crippen molar-refractivity contribution in [3.63, 3.8) is 0 Å². The molecule has 1 heterocycles. The Morgan fingerprint density at radius 3 is 2.47 bits per heavy atom. The summed E-state index contributed by atoms with van der Waals surface area (Å²) in [5, 5.41) is 0.382. The molecule has 86 valence electrons. The smallest absolute Gasteiger partial charge is 0.123 e. The summed E-state index contributed by atoms with van der Waals surface area (Å²) in [6.07, 6.45) is 0. The lowest BCUT2D eigenvalue weighted by molar-refractivity contribution is 0.410. The van der Waals surface area contributed by atoms with Crippen LogP contribution in [-0.4, -0.2) is 7.11 Å². The van der Waals surface area contributed by atoms with Crippen LogP contribution in [0.25, 0.3) is 0 Å². The number of fused-ring (bicyclic) bond motifs is 1. The Morgan fingerprint density at radius 2 is 1.65 bits per heavy atom. The van der Waals surface area contributed by atoms with Crippen molar-refractivity contribution in [2.24, 2.45) is 0 Å². The van der Waals surface area contributed by atoms with Gasteiger partial charge in [0.05, 0.1) is 12.4 Å². The fraction of sp³-hybridized carbons (Fsp3) is 0.143. The molecule has 1 aliphatic heterocycles. The Morgan fingerprint density at radius 1 is 0.941 bits per heavy atom. The first-order chi connectivity index (χ1) is 8.40. The third-order valence-corrected chi connectivity index (χ3v) is 5.61. The second kappa shape index (κ2) is 4.67. The Bertz CT molecular complexity index is 539. The van der Waals surface area contributed by atoms with E-state index in [1.54, 1.807) is 7.11 Å². The van der Waals surface area contributed by atoms with Crippen LogP contribution in [0.3, 0.4) is 0 Å². The van der Waals surface area contributed by atoms with Crippen molar-refractivity contribution in [2.45, 2.75) is 10.1 Å². The van der Waals surface area contributed by atoms with Gasteiger partial charge in [-0.3, -0.25) is 0 Å². The number of rotatable bonds is 2. The van der Waals surface area contributed by atoms with E-state index in [1.807, 2.05) is 33.7 Å². The minimum absolute atomic E-state index is 0.382. The van der Waals surface area contributed by atoms with E-state index in [-0.39, 0.29) is 0 Å². The van der Waals surface area contributed by atoms with E-state index in [1.165, 1.54) is 16.0 Å². The number of para-hydroxylation sites is 1. The van der Waals surface area contributed by atoms with Gasteiger partial charge >= 0.3 is 0 Å². The molecule has 2 aromatic rings. The molecule has 2 aromatic carbocycles. The van der Waals surface area contributed by atoms with Crippen LogP contribution in [0.2, 0.25) is 0 Å². The van der Waals surface area contributed by atoms with Gasteiger partial charge in [0.1, 0.15) is 5.75 Å². The maximum Gasteiger partial charge on any atom is 0.123 e. The highest BCUT2D eigenvalue weighted by Gasteiger charge is 2.27. The van der Waals surface area contributed by atoms with Gasteiger partial charge in [0.15, 0.2) is 0 Å². The largest absolute Gasteiger partial charge is 0.496 e. The van der Waals surface area contributed by atoms with Crippen LogP contribution in [0.4, 0.5) is 0 Å². The molecule has 1 atom stereocenters. The molecule has 0 spiro atoms. The minimum Gasteiger partial charge on any atom is -0.496 e. The van der Waals surface area contributed by atoms with Gasteiger partial charge in [0.25, 0.3) is 0 Å². The van der Waals surface area contributed by atoms with Gasteiger partial charge in [-0.05, 0) is 17.7 Å². The molecule has 1 nitrogen and oxygen atoms in total. The van der Waals surface area contributed by atoms with E-state index < -0.39 is 0 Å². The molecule has 1 aliphatic rings. The van der Waals surface area contributed by atoms with Crippen LogP contribution in [0.5, 0.6) is 5.75 Å². The van der Waals surface area contributed by atoms with Gasteiger partial charge in [-0.15, -0.1) is 0 Å². The summed E-state index contributed by atoms with van der Waals surface area (Å²) in [6.45, 7) is 0. The van der Waals surface area contributed by atoms with Gasteiger partial charge < -0.3 is 4.74 Å². The van der Waals surface area contributed by atoms with Crippen molar-refractivity contribution >= 4 is 21.6 Å². The van der Waals surface area contributed by atoms with Crippen molar-refractivity contribution in [1.82, 2.24) is 0 Å². The van der Waals surface area contributed by atoms with Crippen molar-refractivity contribution in [3.05, 3.63) is 59.7 Å². The molecule has 0 aliphatic carbocycles. The van der Waals surface area contributed by atoms with Crippen molar-refractivity contribution < 1.29 is 4.74 Å². The van der Waals surface area contributed by atoms with E-state index in [9.17, 15) is 0 Å². The third-order valence-electron chi connectivity index (χ3n) is 2.86. The SMILES string of the molecule is COc1ccccc1C1SSc2ccccc21. The topological polar surface area (TPSA) is 9.23 Å². The Kier molecular flexibility index (Phi) is 3.04. The predicted octanol–water partition coefficient (Wildman–Crippen LogP) is 4.54. The van der Waals surface area contributed by atoms with E-state index in [4.69, 9.17) is 4.74 Å². The molecule has 0 bridgehead atoms. The minimum atomic E-state index is 0.382. The molecule has 3 heteroatoms. The molecule has 0 N–H and O–H groups in total. The lowest BCUT2D eigenvalue weighted by Crippen LogP contribution is -1.96. The van der Waals surface area contributed by atoms with Crippen molar-refractivity contribution in [2.75, 3.05) is 7.11 Å².